The van der Waals surface area contributed by atoms with Gasteiger partial charge in [0.2, 0.25) is 11.8 Å². The number of rotatable bonds is 5. The molecule has 1 aromatic carbocycles. The molecule has 1 aromatic rings. The van der Waals surface area contributed by atoms with Crippen LogP contribution in [-0.4, -0.2) is 55.5 Å². The summed E-state index contributed by atoms with van der Waals surface area (Å²) in [5, 5.41) is 8.14. The van der Waals surface area contributed by atoms with Crippen molar-refractivity contribution in [2.45, 2.75) is 13.0 Å². The number of carbonyl (C=O) groups excluding carboxylic acids is 2. The van der Waals surface area contributed by atoms with Gasteiger partial charge in [0.25, 0.3) is 0 Å². The standard InChI is InChI=1S/C15H20F2N4O2.ClH/c1-10-7-18-4-5-21(10)9-15(23)19-8-14(22)20-11-2-3-12(16)13(17)6-11;/h2-3,6,10,18H,4-5,7-9H2,1H3,(H,19,23)(H,20,22);1H/t10-;/m0./s1. The Morgan fingerprint density at radius 2 is 2.04 bits per heavy atom. The van der Waals surface area contributed by atoms with Crippen LogP contribution < -0.4 is 16.0 Å². The van der Waals surface area contributed by atoms with Crippen LogP contribution in [0.1, 0.15) is 6.92 Å². The molecule has 1 aliphatic heterocycles. The van der Waals surface area contributed by atoms with Gasteiger partial charge in [0.15, 0.2) is 11.6 Å². The first kappa shape index (κ1) is 20.3. The van der Waals surface area contributed by atoms with Crippen molar-refractivity contribution in [3.63, 3.8) is 0 Å². The summed E-state index contributed by atoms with van der Waals surface area (Å²) >= 11 is 0. The minimum absolute atomic E-state index is 0. The van der Waals surface area contributed by atoms with Crippen molar-refractivity contribution in [1.29, 1.82) is 0 Å². The summed E-state index contributed by atoms with van der Waals surface area (Å²) < 4.78 is 25.8. The number of hydrogen-bond acceptors (Lipinski definition) is 4. The first-order valence-electron chi connectivity index (χ1n) is 7.42. The van der Waals surface area contributed by atoms with Crippen molar-refractivity contribution in [3.8, 4) is 0 Å². The Kier molecular flexibility index (Phi) is 8.03. The molecule has 0 aromatic heterocycles. The fourth-order valence-electron chi connectivity index (χ4n) is 2.32. The van der Waals surface area contributed by atoms with E-state index in [-0.39, 0.29) is 43.1 Å². The maximum Gasteiger partial charge on any atom is 0.243 e. The zero-order valence-corrected chi connectivity index (χ0v) is 14.1. The summed E-state index contributed by atoms with van der Waals surface area (Å²) in [4.78, 5) is 25.6. The minimum atomic E-state index is -1.04. The van der Waals surface area contributed by atoms with Gasteiger partial charge in [-0.15, -0.1) is 12.4 Å². The van der Waals surface area contributed by atoms with Gasteiger partial charge in [-0.3, -0.25) is 14.5 Å². The van der Waals surface area contributed by atoms with Gasteiger partial charge in [-0.05, 0) is 19.1 Å². The van der Waals surface area contributed by atoms with Crippen LogP contribution in [0.3, 0.4) is 0 Å². The van der Waals surface area contributed by atoms with E-state index in [4.69, 9.17) is 0 Å². The second-order valence-corrected chi connectivity index (χ2v) is 5.48. The first-order chi connectivity index (χ1) is 11.0. The van der Waals surface area contributed by atoms with E-state index < -0.39 is 17.5 Å². The molecule has 0 saturated carbocycles. The number of amides is 2. The monoisotopic (exact) mass is 362 g/mol. The van der Waals surface area contributed by atoms with Gasteiger partial charge in [0, 0.05) is 37.4 Å². The lowest BCUT2D eigenvalue weighted by Gasteiger charge is -2.33. The molecule has 0 aliphatic carbocycles. The van der Waals surface area contributed by atoms with E-state index >= 15 is 0 Å². The molecule has 1 atom stereocenters. The highest BCUT2D eigenvalue weighted by molar-refractivity contribution is 5.94. The van der Waals surface area contributed by atoms with Gasteiger partial charge in [-0.1, -0.05) is 0 Å². The molecule has 1 saturated heterocycles. The summed E-state index contributed by atoms with van der Waals surface area (Å²) in [6, 6.07) is 3.32. The van der Waals surface area contributed by atoms with E-state index in [1.54, 1.807) is 0 Å². The van der Waals surface area contributed by atoms with Crippen LogP contribution in [-0.2, 0) is 9.59 Å². The average molecular weight is 363 g/mol. The van der Waals surface area contributed by atoms with Crippen molar-refractivity contribution in [1.82, 2.24) is 15.5 Å². The lowest BCUT2D eigenvalue weighted by molar-refractivity contribution is -0.125. The fourth-order valence-corrected chi connectivity index (χ4v) is 2.32. The molecule has 0 unspecified atom stereocenters. The van der Waals surface area contributed by atoms with Crippen molar-refractivity contribution in [3.05, 3.63) is 29.8 Å². The highest BCUT2D eigenvalue weighted by Gasteiger charge is 2.20. The lowest BCUT2D eigenvalue weighted by Crippen LogP contribution is -2.53. The van der Waals surface area contributed by atoms with Crippen molar-refractivity contribution in [2.24, 2.45) is 0 Å². The van der Waals surface area contributed by atoms with Crippen molar-refractivity contribution in [2.75, 3.05) is 38.0 Å². The van der Waals surface area contributed by atoms with E-state index in [2.05, 4.69) is 16.0 Å². The van der Waals surface area contributed by atoms with Crippen LogP contribution >= 0.6 is 12.4 Å². The third-order valence-corrected chi connectivity index (χ3v) is 3.64. The summed E-state index contributed by atoms with van der Waals surface area (Å²) in [7, 11) is 0. The van der Waals surface area contributed by atoms with Crippen molar-refractivity contribution < 1.29 is 18.4 Å². The molecular weight excluding hydrogens is 342 g/mol. The second kappa shape index (κ2) is 9.51. The molecule has 1 aliphatic rings. The number of halogens is 3. The summed E-state index contributed by atoms with van der Waals surface area (Å²) in [6.45, 7) is 4.45. The molecule has 134 valence electrons. The normalized spacial score (nSPS) is 17.7. The number of piperazine rings is 1. The van der Waals surface area contributed by atoms with Gasteiger partial charge < -0.3 is 16.0 Å². The topological polar surface area (TPSA) is 73.5 Å². The SMILES string of the molecule is C[C@H]1CNCCN1CC(=O)NCC(=O)Nc1ccc(F)c(F)c1.Cl. The van der Waals surface area contributed by atoms with Crippen LogP contribution in [0.25, 0.3) is 0 Å². The third kappa shape index (κ3) is 6.03. The number of hydrogen-bond donors (Lipinski definition) is 3. The molecule has 9 heteroatoms. The van der Waals surface area contributed by atoms with Crippen molar-refractivity contribution >= 4 is 29.9 Å². The quantitative estimate of drug-likeness (QED) is 0.722. The maximum absolute atomic E-state index is 13.0. The molecular formula is C15H21ClF2N4O2. The number of benzene rings is 1. The van der Waals surface area contributed by atoms with Crippen LogP contribution in [0.15, 0.2) is 18.2 Å². The van der Waals surface area contributed by atoms with Gasteiger partial charge in [0.1, 0.15) is 0 Å². The molecule has 24 heavy (non-hydrogen) atoms. The smallest absolute Gasteiger partial charge is 0.243 e. The van der Waals surface area contributed by atoms with E-state index in [9.17, 15) is 18.4 Å². The molecule has 1 heterocycles. The number of nitrogens with one attached hydrogen (secondary N) is 3. The largest absolute Gasteiger partial charge is 0.346 e. The van der Waals surface area contributed by atoms with E-state index in [0.29, 0.717) is 0 Å². The van der Waals surface area contributed by atoms with Gasteiger partial charge in [-0.25, -0.2) is 8.78 Å². The zero-order chi connectivity index (χ0) is 16.8. The van der Waals surface area contributed by atoms with Crippen LogP contribution in [0.5, 0.6) is 0 Å². The van der Waals surface area contributed by atoms with E-state index in [1.807, 2.05) is 11.8 Å². The highest BCUT2D eigenvalue weighted by atomic mass is 35.5. The van der Waals surface area contributed by atoms with E-state index in [1.165, 1.54) is 6.07 Å². The van der Waals surface area contributed by atoms with Gasteiger partial charge in [0.05, 0.1) is 13.1 Å². The number of carbonyl (C=O) groups is 2. The Labute approximate surface area is 145 Å². The predicted molar refractivity (Wildman–Crippen MR) is 89.2 cm³/mol. The number of anilines is 1. The second-order valence-electron chi connectivity index (χ2n) is 5.48. The molecule has 6 nitrogen and oxygen atoms in total. The molecule has 0 spiro atoms. The Balaban J connectivity index is 0.00000288. The maximum atomic E-state index is 13.0. The van der Waals surface area contributed by atoms with E-state index in [0.717, 1.165) is 31.8 Å². The third-order valence-electron chi connectivity index (χ3n) is 3.64. The molecule has 0 radical (unpaired) electrons. The Hall–Kier alpha value is -1.77. The Morgan fingerprint density at radius 3 is 2.71 bits per heavy atom. The zero-order valence-electron chi connectivity index (χ0n) is 13.3. The van der Waals surface area contributed by atoms with Crippen LogP contribution in [0.4, 0.5) is 14.5 Å². The summed E-state index contributed by atoms with van der Waals surface area (Å²) in [5.41, 5.74) is 0.138. The molecule has 3 N–H and O–H groups in total. The van der Waals surface area contributed by atoms with Gasteiger partial charge >= 0.3 is 0 Å². The summed E-state index contributed by atoms with van der Waals surface area (Å²) in [5.74, 6) is -2.78. The summed E-state index contributed by atoms with van der Waals surface area (Å²) in [6.07, 6.45) is 0. The molecule has 2 amide bonds. The molecule has 1 fully saturated rings. The average Bonchev–Trinajstić information content (AvgIpc) is 2.51. The van der Waals surface area contributed by atoms with Crippen LogP contribution in [0, 0.1) is 11.6 Å². The Morgan fingerprint density at radius 1 is 1.29 bits per heavy atom. The Bertz CT molecular complexity index is 589. The first-order valence-corrected chi connectivity index (χ1v) is 7.42. The lowest BCUT2D eigenvalue weighted by atomic mass is 10.2. The predicted octanol–water partition coefficient (Wildman–Crippen LogP) is 0.735. The fraction of sp³-hybridized carbons (Fsp3) is 0.467. The van der Waals surface area contributed by atoms with Gasteiger partial charge in [-0.2, -0.15) is 0 Å². The number of nitrogens with zero attached hydrogens (tertiary/aromatic N) is 1. The molecule has 2 rings (SSSR count). The highest BCUT2D eigenvalue weighted by Crippen LogP contribution is 2.12. The van der Waals surface area contributed by atoms with Crippen LogP contribution in [0.2, 0.25) is 0 Å². The molecule has 0 bridgehead atoms. The minimum Gasteiger partial charge on any atom is -0.346 e.